The van der Waals surface area contributed by atoms with Crippen molar-refractivity contribution in [2.45, 2.75) is 38.2 Å². The molecule has 1 aliphatic rings. The van der Waals surface area contributed by atoms with Crippen LogP contribution in [0.5, 0.6) is 17.2 Å². The Labute approximate surface area is 165 Å². The van der Waals surface area contributed by atoms with Crippen molar-refractivity contribution in [1.29, 1.82) is 0 Å². The molecule has 0 saturated carbocycles. The Morgan fingerprint density at radius 3 is 2.54 bits per heavy atom. The third-order valence-electron chi connectivity index (χ3n) is 4.95. The van der Waals surface area contributed by atoms with Crippen LogP contribution in [0.15, 0.2) is 36.4 Å². The summed E-state index contributed by atoms with van der Waals surface area (Å²) in [5, 5.41) is 9.08. The molecule has 0 saturated heterocycles. The third-order valence-corrected chi connectivity index (χ3v) is 4.95. The summed E-state index contributed by atoms with van der Waals surface area (Å²) in [6, 6.07) is 11.5. The van der Waals surface area contributed by atoms with E-state index in [-0.39, 0.29) is 18.4 Å². The maximum absolute atomic E-state index is 11.1. The minimum absolute atomic E-state index is 0.0152. The molecule has 0 spiro atoms. The standard InChI is InChI=1S/C23H24O5/c1-4-5-16(14-22(24)25)15-6-8-17(9-7-15)28-20-12-11-19-18(20)10-13-21(26-2)23(19)27-3/h6-10,13,16,20H,11-12,14H2,1-3H3,(H,24,25)/t16-,20?/m0/s1. The van der Waals surface area contributed by atoms with Gasteiger partial charge in [-0.1, -0.05) is 24.1 Å². The fourth-order valence-electron chi connectivity index (χ4n) is 3.66. The molecular formula is C23H24O5. The molecule has 1 N–H and O–H groups in total. The van der Waals surface area contributed by atoms with Gasteiger partial charge in [-0.15, -0.1) is 5.92 Å². The van der Waals surface area contributed by atoms with Gasteiger partial charge in [0.05, 0.1) is 26.6 Å². The van der Waals surface area contributed by atoms with Gasteiger partial charge < -0.3 is 19.3 Å². The lowest BCUT2D eigenvalue weighted by Gasteiger charge is -2.17. The van der Waals surface area contributed by atoms with Crippen molar-refractivity contribution in [3.05, 3.63) is 53.1 Å². The Kier molecular flexibility index (Phi) is 6.10. The molecular weight excluding hydrogens is 356 g/mol. The second-order valence-electron chi connectivity index (χ2n) is 6.63. The highest BCUT2D eigenvalue weighted by Gasteiger charge is 2.28. The van der Waals surface area contributed by atoms with Crippen LogP contribution in [0.3, 0.4) is 0 Å². The van der Waals surface area contributed by atoms with Crippen molar-refractivity contribution < 1.29 is 24.1 Å². The monoisotopic (exact) mass is 380 g/mol. The number of aliphatic carboxylic acids is 1. The van der Waals surface area contributed by atoms with E-state index in [2.05, 4.69) is 11.8 Å². The Morgan fingerprint density at radius 2 is 1.93 bits per heavy atom. The molecule has 1 unspecified atom stereocenters. The molecule has 2 atom stereocenters. The van der Waals surface area contributed by atoms with Crippen molar-refractivity contribution >= 4 is 5.97 Å². The maximum atomic E-state index is 11.1. The van der Waals surface area contributed by atoms with Crippen LogP contribution in [0.1, 0.15) is 48.5 Å². The van der Waals surface area contributed by atoms with Gasteiger partial charge in [0.1, 0.15) is 11.9 Å². The smallest absolute Gasteiger partial charge is 0.304 e. The lowest BCUT2D eigenvalue weighted by Crippen LogP contribution is -2.06. The summed E-state index contributed by atoms with van der Waals surface area (Å²) in [5.41, 5.74) is 3.12. The topological polar surface area (TPSA) is 65.0 Å². The maximum Gasteiger partial charge on any atom is 0.304 e. The molecule has 0 aromatic heterocycles. The van der Waals surface area contributed by atoms with E-state index in [1.807, 2.05) is 36.4 Å². The lowest BCUT2D eigenvalue weighted by molar-refractivity contribution is -0.137. The molecule has 5 nitrogen and oxygen atoms in total. The summed E-state index contributed by atoms with van der Waals surface area (Å²) < 4.78 is 17.1. The molecule has 0 fully saturated rings. The van der Waals surface area contributed by atoms with Gasteiger partial charge in [0.15, 0.2) is 11.5 Å². The Hall–Kier alpha value is -3.13. The summed E-state index contributed by atoms with van der Waals surface area (Å²) in [5.74, 6) is 6.84. The molecule has 5 heteroatoms. The molecule has 2 aromatic rings. The van der Waals surface area contributed by atoms with Crippen LogP contribution in [0.25, 0.3) is 0 Å². The van der Waals surface area contributed by atoms with Crippen LogP contribution < -0.4 is 14.2 Å². The van der Waals surface area contributed by atoms with Gasteiger partial charge in [0.2, 0.25) is 0 Å². The summed E-state index contributed by atoms with van der Waals surface area (Å²) in [6.07, 6.45) is 1.67. The van der Waals surface area contributed by atoms with E-state index in [1.165, 1.54) is 0 Å². The number of carboxylic acids is 1. The number of carbonyl (C=O) groups is 1. The summed E-state index contributed by atoms with van der Waals surface area (Å²) in [4.78, 5) is 11.1. The van der Waals surface area contributed by atoms with Crippen LogP contribution in [0.4, 0.5) is 0 Å². The van der Waals surface area contributed by atoms with Crippen molar-refractivity contribution in [3.8, 4) is 29.1 Å². The van der Waals surface area contributed by atoms with E-state index in [9.17, 15) is 4.79 Å². The molecule has 0 radical (unpaired) electrons. The first-order valence-corrected chi connectivity index (χ1v) is 9.21. The first kappa shape index (κ1) is 19.6. The van der Waals surface area contributed by atoms with E-state index in [4.69, 9.17) is 19.3 Å². The molecule has 0 aliphatic heterocycles. The fraction of sp³-hybridized carbons (Fsp3) is 0.348. The van der Waals surface area contributed by atoms with Gasteiger partial charge in [-0.2, -0.15) is 0 Å². The first-order valence-electron chi connectivity index (χ1n) is 9.21. The van der Waals surface area contributed by atoms with E-state index < -0.39 is 5.97 Å². The molecule has 0 heterocycles. The zero-order chi connectivity index (χ0) is 20.1. The largest absolute Gasteiger partial charge is 0.493 e. The number of ether oxygens (including phenoxy) is 3. The Morgan fingerprint density at radius 1 is 1.18 bits per heavy atom. The summed E-state index contributed by atoms with van der Waals surface area (Å²) in [6.45, 7) is 1.72. The van der Waals surface area contributed by atoms with Gasteiger partial charge in [0, 0.05) is 5.56 Å². The number of hydrogen-bond donors (Lipinski definition) is 1. The van der Waals surface area contributed by atoms with E-state index in [1.54, 1.807) is 21.1 Å². The third kappa shape index (κ3) is 4.07. The fourth-order valence-corrected chi connectivity index (χ4v) is 3.66. The van der Waals surface area contributed by atoms with Crippen molar-refractivity contribution in [1.82, 2.24) is 0 Å². The van der Waals surface area contributed by atoms with Gasteiger partial charge in [-0.3, -0.25) is 4.79 Å². The number of benzene rings is 2. The van der Waals surface area contributed by atoms with E-state index in [0.29, 0.717) is 0 Å². The quantitative estimate of drug-likeness (QED) is 0.724. The van der Waals surface area contributed by atoms with Gasteiger partial charge in [0.25, 0.3) is 0 Å². The number of methoxy groups -OCH3 is 2. The molecule has 146 valence electrons. The average Bonchev–Trinajstić information content (AvgIpc) is 3.10. The number of hydrogen-bond acceptors (Lipinski definition) is 4. The second-order valence-corrected chi connectivity index (χ2v) is 6.63. The molecule has 3 rings (SSSR count). The van der Waals surface area contributed by atoms with E-state index >= 15 is 0 Å². The number of fused-ring (bicyclic) bond motifs is 1. The summed E-state index contributed by atoms with van der Waals surface area (Å²) in [7, 11) is 3.28. The highest BCUT2D eigenvalue weighted by molar-refractivity contribution is 5.69. The molecule has 28 heavy (non-hydrogen) atoms. The minimum atomic E-state index is -0.861. The molecule has 0 bridgehead atoms. The van der Waals surface area contributed by atoms with Gasteiger partial charge >= 0.3 is 5.97 Å². The van der Waals surface area contributed by atoms with Crippen LogP contribution in [0.2, 0.25) is 0 Å². The molecule has 2 aromatic carbocycles. The van der Waals surface area contributed by atoms with Crippen molar-refractivity contribution in [3.63, 3.8) is 0 Å². The highest BCUT2D eigenvalue weighted by atomic mass is 16.5. The SMILES string of the molecule is CC#C[C@@H](CC(=O)O)c1ccc(OC2CCc3c2ccc(OC)c3OC)cc1. The van der Waals surface area contributed by atoms with Crippen LogP contribution in [-0.4, -0.2) is 25.3 Å². The number of rotatable bonds is 7. The van der Waals surface area contributed by atoms with Crippen LogP contribution in [-0.2, 0) is 11.2 Å². The second kappa shape index (κ2) is 8.71. The van der Waals surface area contributed by atoms with Crippen LogP contribution >= 0.6 is 0 Å². The molecule has 0 amide bonds. The minimum Gasteiger partial charge on any atom is -0.493 e. The van der Waals surface area contributed by atoms with Gasteiger partial charge in [-0.25, -0.2) is 0 Å². The zero-order valence-electron chi connectivity index (χ0n) is 16.3. The average molecular weight is 380 g/mol. The first-order chi connectivity index (χ1) is 13.6. The van der Waals surface area contributed by atoms with Crippen molar-refractivity contribution in [2.24, 2.45) is 0 Å². The van der Waals surface area contributed by atoms with Crippen LogP contribution in [0, 0.1) is 11.8 Å². The molecule has 1 aliphatic carbocycles. The Bertz CT molecular complexity index is 905. The van der Waals surface area contributed by atoms with Crippen molar-refractivity contribution in [2.75, 3.05) is 14.2 Å². The van der Waals surface area contributed by atoms with E-state index in [0.717, 1.165) is 46.8 Å². The predicted molar refractivity (Wildman–Crippen MR) is 106 cm³/mol. The highest BCUT2D eigenvalue weighted by Crippen LogP contribution is 2.43. The lowest BCUT2D eigenvalue weighted by atomic mass is 9.96. The zero-order valence-corrected chi connectivity index (χ0v) is 16.3. The number of carboxylic acid groups (broad SMARTS) is 1. The van der Waals surface area contributed by atoms with Gasteiger partial charge in [-0.05, 0) is 49.1 Å². The Balaban J connectivity index is 1.77. The normalized spacial score (nSPS) is 15.8. The summed E-state index contributed by atoms with van der Waals surface area (Å²) >= 11 is 0. The predicted octanol–water partition coefficient (Wildman–Crippen LogP) is 4.35.